The van der Waals surface area contributed by atoms with Crippen LogP contribution < -0.4 is 5.32 Å². The van der Waals surface area contributed by atoms with Gasteiger partial charge in [-0.05, 0) is 42.3 Å². The maximum absolute atomic E-state index is 13.3. The Hall–Kier alpha value is -3.41. The van der Waals surface area contributed by atoms with Crippen LogP contribution in [0, 0.1) is 12.7 Å². The Balaban J connectivity index is 1.71. The van der Waals surface area contributed by atoms with Gasteiger partial charge >= 0.3 is 5.97 Å². The van der Waals surface area contributed by atoms with Gasteiger partial charge in [0.05, 0.1) is 0 Å². The van der Waals surface area contributed by atoms with Gasteiger partial charge in [0, 0.05) is 29.6 Å². The number of hydrogen-bond donors (Lipinski definition) is 3. The first-order chi connectivity index (χ1) is 12.9. The molecule has 6 heteroatoms. The van der Waals surface area contributed by atoms with Crippen LogP contribution >= 0.6 is 0 Å². The van der Waals surface area contributed by atoms with Gasteiger partial charge in [-0.15, -0.1) is 0 Å². The molecule has 1 amide bonds. The normalized spacial score (nSPS) is 12.4. The number of amides is 1. The molecule has 3 N–H and O–H groups in total. The highest BCUT2D eigenvalue weighted by Crippen LogP contribution is 2.20. The molecule has 0 fully saturated rings. The molecule has 0 aliphatic rings. The maximum atomic E-state index is 13.3. The summed E-state index contributed by atoms with van der Waals surface area (Å²) in [6.07, 6.45) is 4.67. The van der Waals surface area contributed by atoms with Crippen molar-refractivity contribution in [2.45, 2.75) is 19.4 Å². The van der Waals surface area contributed by atoms with Gasteiger partial charge in [-0.2, -0.15) is 0 Å². The fourth-order valence-electron chi connectivity index (χ4n) is 2.91. The van der Waals surface area contributed by atoms with Gasteiger partial charge in [0.2, 0.25) is 5.91 Å². The second-order valence-electron chi connectivity index (χ2n) is 6.35. The summed E-state index contributed by atoms with van der Waals surface area (Å²) in [5.41, 5.74) is 3.20. The Morgan fingerprint density at radius 3 is 2.81 bits per heavy atom. The third kappa shape index (κ3) is 4.61. The molecule has 5 nitrogen and oxygen atoms in total. The van der Waals surface area contributed by atoms with Gasteiger partial charge in [0.1, 0.15) is 11.9 Å². The molecule has 1 unspecified atom stereocenters. The van der Waals surface area contributed by atoms with Gasteiger partial charge < -0.3 is 15.4 Å². The molecule has 0 radical (unpaired) electrons. The Bertz CT molecular complexity index is 1020. The minimum Gasteiger partial charge on any atom is -0.480 e. The van der Waals surface area contributed by atoms with Gasteiger partial charge in [0.15, 0.2) is 0 Å². The molecule has 1 atom stereocenters. The minimum absolute atomic E-state index is 0.0883. The number of fused-ring (bicyclic) bond motifs is 1. The number of aliphatic carboxylic acids is 1. The highest BCUT2D eigenvalue weighted by molar-refractivity contribution is 5.94. The topological polar surface area (TPSA) is 82.2 Å². The largest absolute Gasteiger partial charge is 0.480 e. The lowest BCUT2D eigenvalue weighted by Gasteiger charge is -2.13. The van der Waals surface area contributed by atoms with E-state index in [2.05, 4.69) is 10.3 Å². The zero-order valence-electron chi connectivity index (χ0n) is 14.7. The minimum atomic E-state index is -1.14. The van der Waals surface area contributed by atoms with Gasteiger partial charge in [-0.1, -0.05) is 29.8 Å². The number of benzene rings is 2. The molecule has 0 spiro atoms. The van der Waals surface area contributed by atoms with Crippen molar-refractivity contribution < 1.29 is 19.1 Å². The van der Waals surface area contributed by atoms with E-state index in [0.717, 1.165) is 16.5 Å². The second kappa shape index (κ2) is 7.86. The highest BCUT2D eigenvalue weighted by Gasteiger charge is 2.21. The van der Waals surface area contributed by atoms with E-state index in [1.54, 1.807) is 18.3 Å². The van der Waals surface area contributed by atoms with E-state index in [1.807, 2.05) is 31.2 Å². The summed E-state index contributed by atoms with van der Waals surface area (Å²) in [5, 5.41) is 12.7. The number of aryl methyl sites for hydroxylation is 1. The molecule has 0 aliphatic heterocycles. The summed E-state index contributed by atoms with van der Waals surface area (Å²) in [6, 6.07) is 10.8. The first-order valence-electron chi connectivity index (χ1n) is 8.46. The van der Waals surface area contributed by atoms with Crippen LogP contribution in [0.3, 0.4) is 0 Å². The van der Waals surface area contributed by atoms with Crippen LogP contribution in [0.2, 0.25) is 0 Å². The molecular weight excluding hydrogens is 347 g/mol. The molecule has 0 aliphatic carbocycles. The van der Waals surface area contributed by atoms with Crippen molar-refractivity contribution >= 4 is 28.9 Å². The highest BCUT2D eigenvalue weighted by atomic mass is 19.1. The molecule has 0 saturated heterocycles. The van der Waals surface area contributed by atoms with Gasteiger partial charge in [-0.25, -0.2) is 9.18 Å². The first-order valence-corrected chi connectivity index (χ1v) is 8.46. The molecular formula is C21H19FN2O3. The number of carbonyl (C=O) groups is 2. The molecule has 2 aromatic carbocycles. The van der Waals surface area contributed by atoms with E-state index in [1.165, 1.54) is 18.2 Å². The van der Waals surface area contributed by atoms with Crippen molar-refractivity contribution in [2.75, 3.05) is 0 Å². The predicted molar refractivity (Wildman–Crippen MR) is 102 cm³/mol. The third-order valence-electron chi connectivity index (χ3n) is 4.24. The van der Waals surface area contributed by atoms with E-state index in [9.17, 15) is 19.1 Å². The number of halogens is 1. The van der Waals surface area contributed by atoms with Crippen LogP contribution in [-0.2, 0) is 16.0 Å². The van der Waals surface area contributed by atoms with Crippen molar-refractivity contribution in [3.05, 3.63) is 77.2 Å². The smallest absolute Gasteiger partial charge is 0.326 e. The maximum Gasteiger partial charge on any atom is 0.326 e. The summed E-state index contributed by atoms with van der Waals surface area (Å²) in [7, 11) is 0. The second-order valence-corrected chi connectivity index (χ2v) is 6.35. The molecule has 3 rings (SSSR count). The zero-order valence-corrected chi connectivity index (χ0v) is 14.7. The number of hydrogen-bond acceptors (Lipinski definition) is 2. The number of aromatic nitrogens is 1. The van der Waals surface area contributed by atoms with Crippen molar-refractivity contribution in [2.24, 2.45) is 0 Å². The van der Waals surface area contributed by atoms with Gasteiger partial charge in [-0.3, -0.25) is 4.79 Å². The lowest BCUT2D eigenvalue weighted by molar-refractivity contribution is -0.141. The fraction of sp³-hybridized carbons (Fsp3) is 0.143. The van der Waals surface area contributed by atoms with Gasteiger partial charge in [0.25, 0.3) is 0 Å². The van der Waals surface area contributed by atoms with Crippen LogP contribution in [0.25, 0.3) is 17.0 Å². The molecule has 138 valence electrons. The van der Waals surface area contributed by atoms with Crippen LogP contribution in [0.5, 0.6) is 0 Å². The number of carboxylic acids is 1. The predicted octanol–water partition coefficient (Wildman–Crippen LogP) is 3.44. The van der Waals surface area contributed by atoms with E-state index in [4.69, 9.17) is 0 Å². The summed E-state index contributed by atoms with van der Waals surface area (Å²) < 4.78 is 13.3. The number of aromatic amines is 1. The third-order valence-corrected chi connectivity index (χ3v) is 4.24. The average molecular weight is 366 g/mol. The van der Waals surface area contributed by atoms with E-state index in [-0.39, 0.29) is 12.2 Å². The molecule has 27 heavy (non-hydrogen) atoms. The van der Waals surface area contributed by atoms with Crippen molar-refractivity contribution in [3.8, 4) is 0 Å². The zero-order chi connectivity index (χ0) is 19.4. The van der Waals surface area contributed by atoms with E-state index >= 15 is 0 Å². The summed E-state index contributed by atoms with van der Waals surface area (Å²) >= 11 is 0. The monoisotopic (exact) mass is 366 g/mol. The fourth-order valence-corrected chi connectivity index (χ4v) is 2.91. The molecule has 3 aromatic rings. The van der Waals surface area contributed by atoms with Crippen molar-refractivity contribution in [1.29, 1.82) is 0 Å². The summed E-state index contributed by atoms with van der Waals surface area (Å²) in [4.78, 5) is 26.6. The van der Waals surface area contributed by atoms with E-state index < -0.39 is 17.9 Å². The standard InChI is InChI=1S/C21H19FN2O3/c1-13-3-2-4-14(9-13)5-8-20(25)24-19(21(26)27)10-15-12-23-18-11-16(22)6-7-17(15)18/h2-9,11-12,19,23H,10H2,1H3,(H,24,25)(H,26,27). The van der Waals surface area contributed by atoms with Crippen LogP contribution in [0.1, 0.15) is 16.7 Å². The molecule has 1 heterocycles. The number of rotatable bonds is 6. The summed E-state index contributed by atoms with van der Waals surface area (Å²) in [6.45, 7) is 1.95. The lowest BCUT2D eigenvalue weighted by atomic mass is 10.0. The van der Waals surface area contributed by atoms with Crippen LogP contribution in [0.15, 0.2) is 54.7 Å². The molecule has 0 saturated carbocycles. The van der Waals surface area contributed by atoms with Crippen LogP contribution in [0.4, 0.5) is 4.39 Å². The lowest BCUT2D eigenvalue weighted by Crippen LogP contribution is -2.41. The summed E-state index contributed by atoms with van der Waals surface area (Å²) in [5.74, 6) is -2.00. The molecule has 0 bridgehead atoms. The SMILES string of the molecule is Cc1cccc(C=CC(=O)NC(Cc2c[nH]c3cc(F)ccc23)C(=O)O)c1. The average Bonchev–Trinajstić information content (AvgIpc) is 3.01. The number of carbonyl (C=O) groups excluding carboxylic acids is 1. The number of carboxylic acid groups (broad SMARTS) is 1. The van der Waals surface area contributed by atoms with E-state index in [0.29, 0.717) is 11.1 Å². The first kappa shape index (κ1) is 18.4. The molecule has 1 aromatic heterocycles. The van der Waals surface area contributed by atoms with Crippen molar-refractivity contribution in [1.82, 2.24) is 10.3 Å². The Kier molecular flexibility index (Phi) is 5.35. The quantitative estimate of drug-likeness (QED) is 0.585. The Morgan fingerprint density at radius 1 is 1.26 bits per heavy atom. The van der Waals surface area contributed by atoms with Crippen LogP contribution in [-0.4, -0.2) is 28.0 Å². The number of nitrogens with one attached hydrogen (secondary N) is 2. The van der Waals surface area contributed by atoms with Crippen molar-refractivity contribution in [3.63, 3.8) is 0 Å². The number of H-pyrrole nitrogens is 1. The Labute approximate surface area is 155 Å². The Morgan fingerprint density at radius 2 is 2.07 bits per heavy atom.